The Kier molecular flexibility index (Phi) is 5.08. The van der Waals surface area contributed by atoms with Gasteiger partial charge in [-0.3, -0.25) is 0 Å². The Morgan fingerprint density at radius 3 is 2.22 bits per heavy atom. The van der Waals surface area contributed by atoms with Crippen molar-refractivity contribution >= 4 is 52.1 Å². The Morgan fingerprint density at radius 2 is 1.52 bits per heavy atom. The third-order valence-corrected chi connectivity index (χ3v) is 4.18. The molecule has 0 saturated heterocycles. The van der Waals surface area contributed by atoms with Gasteiger partial charge in [0.25, 0.3) is 0 Å². The van der Waals surface area contributed by atoms with Crippen LogP contribution in [0.25, 0.3) is 11.3 Å². The predicted octanol–water partition coefficient (Wildman–Crippen LogP) is 7.17. The average Bonchev–Trinajstić information content (AvgIpc) is 2.94. The zero-order chi connectivity index (χ0) is 16.4. The lowest BCUT2D eigenvalue weighted by Gasteiger charge is -2.07. The largest absolute Gasteiger partial charge is 0.459 e. The first-order valence-electron chi connectivity index (χ1n) is 6.75. The molecule has 0 fully saturated rings. The summed E-state index contributed by atoms with van der Waals surface area (Å²) in [6.45, 7) is 0.496. The molecule has 0 atom stereocenters. The molecule has 0 saturated carbocycles. The molecule has 23 heavy (non-hydrogen) atoms. The van der Waals surface area contributed by atoms with Crippen molar-refractivity contribution in [2.45, 2.75) is 6.54 Å². The van der Waals surface area contributed by atoms with Crippen molar-refractivity contribution in [1.82, 2.24) is 0 Å². The van der Waals surface area contributed by atoms with Crippen LogP contribution in [0.2, 0.25) is 20.1 Å². The van der Waals surface area contributed by atoms with Gasteiger partial charge in [-0.15, -0.1) is 0 Å². The van der Waals surface area contributed by atoms with Crippen LogP contribution < -0.4 is 5.32 Å². The van der Waals surface area contributed by atoms with Gasteiger partial charge in [0.05, 0.1) is 17.3 Å². The van der Waals surface area contributed by atoms with Crippen LogP contribution in [0.3, 0.4) is 0 Å². The predicted molar refractivity (Wildman–Crippen MR) is 98.0 cm³/mol. The summed E-state index contributed by atoms with van der Waals surface area (Å²) in [5.74, 6) is 1.47. The smallest absolute Gasteiger partial charge is 0.134 e. The Balaban J connectivity index is 1.74. The van der Waals surface area contributed by atoms with E-state index in [0.29, 0.717) is 32.4 Å². The number of hydrogen-bond acceptors (Lipinski definition) is 2. The lowest BCUT2D eigenvalue weighted by atomic mass is 10.2. The summed E-state index contributed by atoms with van der Waals surface area (Å²) in [6.07, 6.45) is 0. The molecule has 1 aromatic heterocycles. The number of rotatable bonds is 4. The fourth-order valence-corrected chi connectivity index (χ4v) is 3.14. The van der Waals surface area contributed by atoms with E-state index >= 15 is 0 Å². The molecule has 0 aliphatic heterocycles. The number of benzene rings is 2. The van der Waals surface area contributed by atoms with Crippen LogP contribution >= 0.6 is 46.4 Å². The number of halogens is 4. The minimum Gasteiger partial charge on any atom is -0.459 e. The number of anilines is 1. The highest BCUT2D eigenvalue weighted by molar-refractivity contribution is 6.36. The van der Waals surface area contributed by atoms with Crippen molar-refractivity contribution in [3.63, 3.8) is 0 Å². The molecule has 0 unspecified atom stereocenters. The van der Waals surface area contributed by atoms with Crippen LogP contribution in [-0.2, 0) is 6.54 Å². The monoisotopic (exact) mass is 385 g/mol. The van der Waals surface area contributed by atoms with Crippen molar-refractivity contribution in [3.05, 3.63) is 74.4 Å². The molecule has 1 heterocycles. The lowest BCUT2D eigenvalue weighted by molar-refractivity contribution is 0.531. The maximum Gasteiger partial charge on any atom is 0.134 e. The molecule has 6 heteroatoms. The summed E-state index contributed by atoms with van der Waals surface area (Å²) in [5, 5.41) is 5.50. The van der Waals surface area contributed by atoms with E-state index in [4.69, 9.17) is 50.8 Å². The molecule has 0 amide bonds. The van der Waals surface area contributed by atoms with Gasteiger partial charge < -0.3 is 9.73 Å². The Labute approximate surface area is 153 Å². The van der Waals surface area contributed by atoms with Gasteiger partial charge in [0.15, 0.2) is 0 Å². The second-order valence-electron chi connectivity index (χ2n) is 4.90. The van der Waals surface area contributed by atoms with E-state index in [1.165, 1.54) is 0 Å². The van der Waals surface area contributed by atoms with Gasteiger partial charge in [-0.2, -0.15) is 0 Å². The highest BCUT2D eigenvalue weighted by Crippen LogP contribution is 2.30. The summed E-state index contributed by atoms with van der Waals surface area (Å²) >= 11 is 24.0. The van der Waals surface area contributed by atoms with Crippen molar-refractivity contribution < 1.29 is 4.42 Å². The van der Waals surface area contributed by atoms with Crippen LogP contribution in [0.15, 0.2) is 52.9 Å². The fourth-order valence-electron chi connectivity index (χ4n) is 2.14. The molecular weight excluding hydrogens is 376 g/mol. The molecule has 0 aliphatic carbocycles. The van der Waals surface area contributed by atoms with Crippen molar-refractivity contribution in [2.24, 2.45) is 0 Å². The summed E-state index contributed by atoms with van der Waals surface area (Å²) < 4.78 is 5.82. The van der Waals surface area contributed by atoms with Crippen LogP contribution in [0.4, 0.5) is 5.69 Å². The number of hydrogen-bond donors (Lipinski definition) is 1. The van der Waals surface area contributed by atoms with Crippen LogP contribution in [0, 0.1) is 0 Å². The van der Waals surface area contributed by atoms with Gasteiger partial charge in [0.1, 0.15) is 11.5 Å². The first kappa shape index (κ1) is 16.5. The molecule has 3 aromatic rings. The van der Waals surface area contributed by atoms with Crippen molar-refractivity contribution in [2.75, 3.05) is 5.32 Å². The summed E-state index contributed by atoms with van der Waals surface area (Å²) in [5.41, 5.74) is 1.62. The molecule has 0 aliphatic rings. The van der Waals surface area contributed by atoms with E-state index in [1.54, 1.807) is 30.3 Å². The number of furan rings is 1. The van der Waals surface area contributed by atoms with Crippen LogP contribution in [0.1, 0.15) is 5.76 Å². The molecular formula is C17H11Cl4NO. The second-order valence-corrected chi connectivity index (χ2v) is 6.62. The molecule has 0 radical (unpaired) electrons. The maximum absolute atomic E-state index is 6.12. The van der Waals surface area contributed by atoms with Crippen molar-refractivity contribution in [3.8, 4) is 11.3 Å². The second kappa shape index (κ2) is 7.06. The maximum atomic E-state index is 6.12. The Morgan fingerprint density at radius 1 is 0.783 bits per heavy atom. The topological polar surface area (TPSA) is 25.2 Å². The average molecular weight is 387 g/mol. The zero-order valence-electron chi connectivity index (χ0n) is 11.7. The minimum atomic E-state index is 0.496. The molecule has 118 valence electrons. The Bertz CT molecular complexity index is 824. The van der Waals surface area contributed by atoms with E-state index in [2.05, 4.69) is 5.32 Å². The summed E-state index contributed by atoms with van der Waals surface area (Å²) in [6, 6.07) is 14.3. The SMILES string of the molecule is Clc1cc(Cl)cc(-c2ccc(CNc3ccc(Cl)cc3Cl)o2)c1. The first-order chi connectivity index (χ1) is 11.0. The van der Waals surface area contributed by atoms with Gasteiger partial charge in [0, 0.05) is 20.6 Å². The summed E-state index contributed by atoms with van der Waals surface area (Å²) in [4.78, 5) is 0. The van der Waals surface area contributed by atoms with E-state index in [0.717, 1.165) is 17.0 Å². The van der Waals surface area contributed by atoms with Gasteiger partial charge in [0.2, 0.25) is 0 Å². The first-order valence-corrected chi connectivity index (χ1v) is 8.26. The van der Waals surface area contributed by atoms with E-state index in [9.17, 15) is 0 Å². The zero-order valence-corrected chi connectivity index (χ0v) is 14.8. The van der Waals surface area contributed by atoms with E-state index in [1.807, 2.05) is 18.2 Å². The van der Waals surface area contributed by atoms with Gasteiger partial charge in [-0.05, 0) is 48.5 Å². The molecule has 2 aromatic carbocycles. The van der Waals surface area contributed by atoms with Gasteiger partial charge in [-0.1, -0.05) is 46.4 Å². The third-order valence-electron chi connectivity index (χ3n) is 3.19. The third kappa shape index (κ3) is 4.15. The van der Waals surface area contributed by atoms with Crippen LogP contribution in [0.5, 0.6) is 0 Å². The number of nitrogens with one attached hydrogen (secondary N) is 1. The van der Waals surface area contributed by atoms with E-state index in [-0.39, 0.29) is 0 Å². The fraction of sp³-hybridized carbons (Fsp3) is 0.0588. The normalized spacial score (nSPS) is 10.8. The summed E-state index contributed by atoms with van der Waals surface area (Å²) in [7, 11) is 0. The van der Waals surface area contributed by atoms with Gasteiger partial charge in [-0.25, -0.2) is 0 Å². The molecule has 1 N–H and O–H groups in total. The quantitative estimate of drug-likeness (QED) is 0.513. The minimum absolute atomic E-state index is 0.496. The van der Waals surface area contributed by atoms with Gasteiger partial charge >= 0.3 is 0 Å². The lowest BCUT2D eigenvalue weighted by Crippen LogP contribution is -1.98. The standard InChI is InChI=1S/C17H11Cl4NO/c18-11-1-3-16(15(21)8-11)22-9-14-2-4-17(23-14)10-5-12(19)7-13(20)6-10/h1-8,22H,9H2. The van der Waals surface area contributed by atoms with Crippen molar-refractivity contribution in [1.29, 1.82) is 0 Å². The molecule has 2 nitrogen and oxygen atoms in total. The molecule has 0 spiro atoms. The molecule has 0 bridgehead atoms. The van der Waals surface area contributed by atoms with Crippen LogP contribution in [-0.4, -0.2) is 0 Å². The van der Waals surface area contributed by atoms with E-state index < -0.39 is 0 Å². The highest BCUT2D eigenvalue weighted by Gasteiger charge is 2.08. The molecule has 3 rings (SSSR count). The Hall–Kier alpha value is -1.32. The highest BCUT2D eigenvalue weighted by atomic mass is 35.5.